The zero-order valence-electron chi connectivity index (χ0n) is 12.3. The molecule has 22 heavy (non-hydrogen) atoms. The molecule has 2 heterocycles. The van der Waals surface area contributed by atoms with Crippen LogP contribution in [0.4, 0.5) is 0 Å². The van der Waals surface area contributed by atoms with Crippen molar-refractivity contribution < 1.29 is 13.6 Å². The highest BCUT2D eigenvalue weighted by Crippen LogP contribution is 2.22. The summed E-state index contributed by atoms with van der Waals surface area (Å²) in [5.41, 5.74) is 0. The SMILES string of the molecule is O=C(Cn1nc(-c2ccco2)oc1=O)NCC1CCCCC1. The molecule has 2 aromatic heterocycles. The molecule has 0 spiro atoms. The molecular formula is C15H19N3O4. The zero-order valence-corrected chi connectivity index (χ0v) is 12.3. The average Bonchev–Trinajstić information content (AvgIpc) is 3.17. The highest BCUT2D eigenvalue weighted by Gasteiger charge is 2.17. The van der Waals surface area contributed by atoms with E-state index in [0.29, 0.717) is 18.2 Å². The van der Waals surface area contributed by atoms with Gasteiger partial charge in [0.2, 0.25) is 5.91 Å². The fourth-order valence-corrected chi connectivity index (χ4v) is 2.75. The number of hydrogen-bond acceptors (Lipinski definition) is 5. The summed E-state index contributed by atoms with van der Waals surface area (Å²) in [5, 5.41) is 6.84. The van der Waals surface area contributed by atoms with E-state index in [2.05, 4.69) is 10.4 Å². The lowest BCUT2D eigenvalue weighted by molar-refractivity contribution is -0.122. The normalized spacial score (nSPS) is 15.8. The van der Waals surface area contributed by atoms with Crippen LogP contribution in [0.1, 0.15) is 32.1 Å². The summed E-state index contributed by atoms with van der Waals surface area (Å²) in [4.78, 5) is 23.6. The topological polar surface area (TPSA) is 90.3 Å². The summed E-state index contributed by atoms with van der Waals surface area (Å²) >= 11 is 0. The van der Waals surface area contributed by atoms with Gasteiger partial charge in [0.15, 0.2) is 5.76 Å². The van der Waals surface area contributed by atoms with Crippen molar-refractivity contribution in [2.24, 2.45) is 5.92 Å². The minimum atomic E-state index is -0.667. The smallest absolute Gasteiger partial charge is 0.437 e. The van der Waals surface area contributed by atoms with Crippen molar-refractivity contribution in [3.8, 4) is 11.7 Å². The van der Waals surface area contributed by atoms with Gasteiger partial charge in [-0.3, -0.25) is 4.79 Å². The number of furan rings is 1. The van der Waals surface area contributed by atoms with Crippen molar-refractivity contribution in [3.05, 3.63) is 28.9 Å². The molecule has 118 valence electrons. The van der Waals surface area contributed by atoms with E-state index < -0.39 is 5.76 Å². The summed E-state index contributed by atoms with van der Waals surface area (Å²) in [6.45, 7) is 0.520. The molecule has 1 aliphatic rings. The quantitative estimate of drug-likeness (QED) is 0.909. The second-order valence-electron chi connectivity index (χ2n) is 5.62. The fourth-order valence-electron chi connectivity index (χ4n) is 2.75. The molecule has 1 N–H and O–H groups in total. The van der Waals surface area contributed by atoms with E-state index in [4.69, 9.17) is 8.83 Å². The van der Waals surface area contributed by atoms with Crippen LogP contribution in [0.3, 0.4) is 0 Å². The molecule has 1 amide bonds. The van der Waals surface area contributed by atoms with Crippen LogP contribution in [0.5, 0.6) is 0 Å². The first-order chi connectivity index (χ1) is 10.7. The number of aromatic nitrogens is 2. The van der Waals surface area contributed by atoms with Crippen LogP contribution in [-0.2, 0) is 11.3 Å². The van der Waals surface area contributed by atoms with E-state index in [9.17, 15) is 9.59 Å². The molecule has 3 rings (SSSR count). The van der Waals surface area contributed by atoms with Gasteiger partial charge in [-0.15, -0.1) is 5.10 Å². The number of rotatable bonds is 5. The van der Waals surface area contributed by atoms with Crippen molar-refractivity contribution >= 4 is 5.91 Å². The standard InChI is InChI=1S/C15H19N3O4/c19-13(16-9-11-5-2-1-3-6-11)10-18-15(20)22-14(17-18)12-7-4-8-21-12/h4,7-8,11H,1-3,5-6,9-10H2,(H,16,19). The molecule has 1 fully saturated rings. The van der Waals surface area contributed by atoms with Crippen LogP contribution in [0.2, 0.25) is 0 Å². The van der Waals surface area contributed by atoms with Crippen LogP contribution in [0.15, 0.2) is 32.0 Å². The van der Waals surface area contributed by atoms with Crippen LogP contribution in [0.25, 0.3) is 11.7 Å². The lowest BCUT2D eigenvalue weighted by Gasteiger charge is -2.21. The maximum atomic E-state index is 11.9. The molecular weight excluding hydrogens is 286 g/mol. The average molecular weight is 305 g/mol. The lowest BCUT2D eigenvalue weighted by atomic mass is 9.89. The summed E-state index contributed by atoms with van der Waals surface area (Å²) in [6, 6.07) is 3.31. The van der Waals surface area contributed by atoms with Gasteiger partial charge in [0, 0.05) is 6.54 Å². The molecule has 0 aromatic carbocycles. The van der Waals surface area contributed by atoms with Crippen molar-refractivity contribution in [3.63, 3.8) is 0 Å². The van der Waals surface area contributed by atoms with E-state index in [-0.39, 0.29) is 18.3 Å². The number of nitrogens with one attached hydrogen (secondary N) is 1. The van der Waals surface area contributed by atoms with Crippen LogP contribution < -0.4 is 11.1 Å². The highest BCUT2D eigenvalue weighted by atomic mass is 16.4. The summed E-state index contributed by atoms with van der Waals surface area (Å²) in [7, 11) is 0. The summed E-state index contributed by atoms with van der Waals surface area (Å²) in [6.07, 6.45) is 7.53. The van der Waals surface area contributed by atoms with E-state index in [0.717, 1.165) is 17.5 Å². The van der Waals surface area contributed by atoms with Crippen LogP contribution >= 0.6 is 0 Å². The monoisotopic (exact) mass is 305 g/mol. The Morgan fingerprint density at radius 3 is 2.91 bits per heavy atom. The molecule has 0 unspecified atom stereocenters. The van der Waals surface area contributed by atoms with Gasteiger partial charge in [0.25, 0.3) is 5.89 Å². The molecule has 0 saturated heterocycles. The molecule has 7 nitrogen and oxygen atoms in total. The lowest BCUT2D eigenvalue weighted by Crippen LogP contribution is -2.35. The minimum absolute atomic E-state index is 0.0788. The molecule has 1 saturated carbocycles. The highest BCUT2D eigenvalue weighted by molar-refractivity contribution is 5.75. The van der Waals surface area contributed by atoms with E-state index in [1.165, 1.54) is 25.5 Å². The molecule has 0 bridgehead atoms. The van der Waals surface area contributed by atoms with Crippen molar-refractivity contribution in [2.45, 2.75) is 38.6 Å². The predicted molar refractivity (Wildman–Crippen MR) is 78.0 cm³/mol. The van der Waals surface area contributed by atoms with Gasteiger partial charge in [-0.2, -0.15) is 4.68 Å². The van der Waals surface area contributed by atoms with Gasteiger partial charge in [0.1, 0.15) is 6.54 Å². The molecule has 0 aliphatic heterocycles. The number of nitrogens with zero attached hydrogens (tertiary/aromatic N) is 2. The second-order valence-corrected chi connectivity index (χ2v) is 5.62. The van der Waals surface area contributed by atoms with Gasteiger partial charge >= 0.3 is 5.76 Å². The Labute approximate surface area is 127 Å². The molecule has 2 aromatic rings. The first kappa shape index (κ1) is 14.6. The van der Waals surface area contributed by atoms with E-state index >= 15 is 0 Å². The summed E-state index contributed by atoms with van der Waals surface area (Å²) in [5.74, 6) is 0.0881. The molecule has 1 aliphatic carbocycles. The van der Waals surface area contributed by atoms with Crippen molar-refractivity contribution in [2.75, 3.05) is 6.54 Å². The predicted octanol–water partition coefficient (Wildman–Crippen LogP) is 1.79. The summed E-state index contributed by atoms with van der Waals surface area (Å²) < 4.78 is 11.1. The van der Waals surface area contributed by atoms with Gasteiger partial charge in [0.05, 0.1) is 6.26 Å². The van der Waals surface area contributed by atoms with Crippen molar-refractivity contribution in [1.82, 2.24) is 15.1 Å². The second kappa shape index (κ2) is 6.64. The van der Waals surface area contributed by atoms with E-state index in [1.807, 2.05) is 0 Å². The molecule has 0 atom stereocenters. The number of amides is 1. The van der Waals surface area contributed by atoms with Gasteiger partial charge in [-0.05, 0) is 30.9 Å². The Hall–Kier alpha value is -2.31. The third-order valence-corrected chi connectivity index (χ3v) is 3.94. The number of carbonyl (C=O) groups is 1. The number of hydrogen-bond donors (Lipinski definition) is 1. The fraction of sp³-hybridized carbons (Fsp3) is 0.533. The van der Waals surface area contributed by atoms with Crippen LogP contribution in [0, 0.1) is 5.92 Å². The van der Waals surface area contributed by atoms with Gasteiger partial charge in [-0.25, -0.2) is 4.79 Å². The Morgan fingerprint density at radius 1 is 1.36 bits per heavy atom. The Morgan fingerprint density at radius 2 is 2.18 bits per heavy atom. The Kier molecular flexibility index (Phi) is 4.41. The first-order valence-corrected chi connectivity index (χ1v) is 7.61. The Balaban J connectivity index is 1.56. The third-order valence-electron chi connectivity index (χ3n) is 3.94. The zero-order chi connectivity index (χ0) is 15.4. The Bertz CT molecular complexity index is 665. The molecule has 7 heteroatoms. The first-order valence-electron chi connectivity index (χ1n) is 7.61. The molecule has 0 radical (unpaired) electrons. The number of carbonyl (C=O) groups excluding carboxylic acids is 1. The van der Waals surface area contributed by atoms with Gasteiger partial charge < -0.3 is 14.2 Å². The minimum Gasteiger partial charge on any atom is -0.459 e. The maximum absolute atomic E-state index is 11.9. The van der Waals surface area contributed by atoms with Gasteiger partial charge in [-0.1, -0.05) is 19.3 Å². The van der Waals surface area contributed by atoms with Crippen molar-refractivity contribution in [1.29, 1.82) is 0 Å². The third kappa shape index (κ3) is 3.47. The van der Waals surface area contributed by atoms with E-state index in [1.54, 1.807) is 12.1 Å². The van der Waals surface area contributed by atoms with Crippen LogP contribution in [-0.4, -0.2) is 22.2 Å². The maximum Gasteiger partial charge on any atom is 0.437 e. The largest absolute Gasteiger partial charge is 0.459 e.